The third-order valence-corrected chi connectivity index (χ3v) is 12.8. The molecule has 0 bridgehead atoms. The first-order valence-corrected chi connectivity index (χ1v) is 27.0. The van der Waals surface area contributed by atoms with Crippen LogP contribution in [0.25, 0.3) is 0 Å². The van der Waals surface area contributed by atoms with Gasteiger partial charge in [-0.3, -0.25) is 52.7 Å². The van der Waals surface area contributed by atoms with Crippen LogP contribution < -0.4 is 87.2 Å². The Labute approximate surface area is 456 Å². The van der Waals surface area contributed by atoms with Gasteiger partial charge in [0.15, 0.2) is 0 Å². The summed E-state index contributed by atoms with van der Waals surface area (Å²) in [7, 11) is 0. The molecular weight excluding hydrogens is 1020 g/mol. The maximum atomic E-state index is 14.2. The number of hydrogen-bond donors (Lipinski definition) is 18. The van der Waals surface area contributed by atoms with Crippen molar-refractivity contribution in [1.82, 2.24) is 58.5 Å². The first-order valence-electron chi connectivity index (χ1n) is 27.0. The van der Waals surface area contributed by atoms with Crippen LogP contribution in [-0.2, 0) is 52.7 Å². The van der Waals surface area contributed by atoms with Crippen LogP contribution in [0, 0.1) is 11.8 Å². The summed E-state index contributed by atoms with van der Waals surface area (Å²) in [5.41, 5.74) is 28.9. The standard InChI is InChI=1S/C49H92N16O13/c1-7-27(4)10-8-9-11-37(68)57-31(13-19-51)45(74)65-40(29(6)67)49(78)63-33(15-21-53)43(72)62-35-17-23-55-48(77)39(28(5)66)64-46(75)34(16-22-54)60-42(71)32(14-20-52)61-47(76)36(24-26(2)3)58-38(69)25-56-41(70)30(12-18-50)59-44(35)73/h26-36,39-40,66-67H,7-25,50-54H2,1-6H3,(H,55,77)(H,56,70)(H,57,68)(H,58,69)(H,59,73)(H,60,71)(H,61,76)(H,62,72)(H,63,78)(H,64,75)(H,65,74)/t27-,28+,29+,30-,31-,32-,33-,34-,35-,36-,39-,40-/m0/s1. The van der Waals surface area contributed by atoms with E-state index in [-0.39, 0.29) is 83.6 Å². The molecule has 0 aromatic heterocycles. The van der Waals surface area contributed by atoms with Crippen LogP contribution in [0.1, 0.15) is 119 Å². The second-order valence-corrected chi connectivity index (χ2v) is 20.1. The number of rotatable bonds is 27. The molecule has 0 saturated carbocycles. The van der Waals surface area contributed by atoms with Crippen molar-refractivity contribution < 1.29 is 63.0 Å². The SMILES string of the molecule is CC[C@H](C)CCCCC(=O)N[C@@H](CCN)C(=O)N[C@H](C(=O)N[C@@H](CCN)C(=O)N[C@H]1CCNC(=O)[C@H]([C@@H](C)O)NC(=O)[C@H](CCN)NC(=O)[C@H](CCN)NC(=O)[C@H](CC(C)C)NC(=O)CNC(=O)[C@H](CCN)NC1=O)[C@@H](C)O. The molecule has 12 atom stereocenters. The van der Waals surface area contributed by atoms with Crippen molar-refractivity contribution in [1.29, 1.82) is 0 Å². The third kappa shape index (κ3) is 26.0. The molecule has 23 N–H and O–H groups in total. The van der Waals surface area contributed by atoms with Crippen molar-refractivity contribution >= 4 is 65.0 Å². The molecule has 0 unspecified atom stereocenters. The molecule has 0 aliphatic carbocycles. The van der Waals surface area contributed by atoms with E-state index >= 15 is 0 Å². The molecule has 1 fully saturated rings. The number of unbranched alkanes of at least 4 members (excludes halogenated alkanes) is 1. The molecule has 0 aromatic rings. The molecular formula is C49H92N16O13. The lowest BCUT2D eigenvalue weighted by atomic mass is 10.0. The number of nitrogens with two attached hydrogens (primary N) is 5. The monoisotopic (exact) mass is 1110 g/mol. The highest BCUT2D eigenvalue weighted by Crippen LogP contribution is 2.13. The fraction of sp³-hybridized carbons (Fsp3) is 0.776. The van der Waals surface area contributed by atoms with E-state index in [1.807, 2.05) is 0 Å². The summed E-state index contributed by atoms with van der Waals surface area (Å²) in [5, 5.41) is 48.7. The predicted octanol–water partition coefficient (Wildman–Crippen LogP) is -6.86. The van der Waals surface area contributed by atoms with Crippen LogP contribution >= 0.6 is 0 Å². The fourth-order valence-corrected chi connectivity index (χ4v) is 8.05. The minimum atomic E-state index is -1.69. The quantitative estimate of drug-likeness (QED) is 0.0340. The zero-order valence-corrected chi connectivity index (χ0v) is 46.2. The van der Waals surface area contributed by atoms with Crippen molar-refractivity contribution in [2.24, 2.45) is 40.5 Å². The molecule has 29 heteroatoms. The molecule has 11 amide bonds. The molecule has 1 saturated heterocycles. The lowest BCUT2D eigenvalue weighted by molar-refractivity contribution is -0.136. The molecule has 1 heterocycles. The second kappa shape index (κ2) is 37.7. The summed E-state index contributed by atoms with van der Waals surface area (Å²) in [6.07, 6.45) is -0.764. The van der Waals surface area contributed by atoms with Gasteiger partial charge in [-0.15, -0.1) is 0 Å². The van der Waals surface area contributed by atoms with E-state index in [1.165, 1.54) is 13.8 Å². The smallest absolute Gasteiger partial charge is 0.245 e. The highest BCUT2D eigenvalue weighted by Gasteiger charge is 2.36. The van der Waals surface area contributed by atoms with Crippen molar-refractivity contribution in [3.05, 3.63) is 0 Å². The minimum Gasteiger partial charge on any atom is -0.391 e. The average Bonchev–Trinajstić information content (AvgIpc) is 3.37. The lowest BCUT2D eigenvalue weighted by Gasteiger charge is -2.28. The first kappa shape index (κ1) is 69.9. The maximum Gasteiger partial charge on any atom is 0.245 e. The van der Waals surface area contributed by atoms with Gasteiger partial charge in [-0.1, -0.05) is 47.0 Å². The van der Waals surface area contributed by atoms with E-state index in [4.69, 9.17) is 28.7 Å². The van der Waals surface area contributed by atoms with Crippen LogP contribution in [0.4, 0.5) is 0 Å². The lowest BCUT2D eigenvalue weighted by Crippen LogP contribution is -2.61. The van der Waals surface area contributed by atoms with Gasteiger partial charge in [0.2, 0.25) is 65.0 Å². The van der Waals surface area contributed by atoms with E-state index < -0.39 is 151 Å². The van der Waals surface area contributed by atoms with Crippen molar-refractivity contribution in [3.63, 3.8) is 0 Å². The number of amides is 11. The molecule has 1 rings (SSSR count). The Morgan fingerprint density at radius 1 is 0.577 bits per heavy atom. The highest BCUT2D eigenvalue weighted by atomic mass is 16.3. The number of hydrogen-bond acceptors (Lipinski definition) is 18. The summed E-state index contributed by atoms with van der Waals surface area (Å²) in [6, 6.07) is -13.1. The summed E-state index contributed by atoms with van der Waals surface area (Å²) in [4.78, 5) is 150. The van der Waals surface area contributed by atoms with Gasteiger partial charge in [0.05, 0.1) is 18.8 Å². The molecule has 446 valence electrons. The van der Waals surface area contributed by atoms with Gasteiger partial charge in [0, 0.05) is 13.0 Å². The molecule has 0 radical (unpaired) electrons. The summed E-state index contributed by atoms with van der Waals surface area (Å²) in [6.45, 7) is 8.34. The minimum absolute atomic E-state index is 0.0116. The zero-order valence-electron chi connectivity index (χ0n) is 46.2. The Bertz CT molecular complexity index is 1960. The van der Waals surface area contributed by atoms with E-state index in [2.05, 4.69) is 72.3 Å². The molecule has 29 nitrogen and oxygen atoms in total. The Balaban J connectivity index is 3.64. The number of carbonyl (C=O) groups is 11. The van der Waals surface area contributed by atoms with Gasteiger partial charge in [-0.25, -0.2) is 0 Å². The number of carbonyl (C=O) groups excluding carboxylic acids is 11. The Kier molecular flexibility index (Phi) is 33.8. The Morgan fingerprint density at radius 2 is 1.10 bits per heavy atom. The first-order chi connectivity index (χ1) is 36.9. The molecule has 1 aliphatic heterocycles. The van der Waals surface area contributed by atoms with Gasteiger partial charge in [0.1, 0.15) is 54.4 Å². The van der Waals surface area contributed by atoms with Gasteiger partial charge in [0.25, 0.3) is 0 Å². The number of nitrogens with one attached hydrogen (secondary N) is 11. The Morgan fingerprint density at radius 3 is 1.62 bits per heavy atom. The van der Waals surface area contributed by atoms with Crippen LogP contribution in [0.15, 0.2) is 0 Å². The topological polar surface area (TPSA) is 491 Å². The van der Waals surface area contributed by atoms with E-state index in [0.717, 1.165) is 19.3 Å². The Hall–Kier alpha value is -6.11. The largest absolute Gasteiger partial charge is 0.391 e. The molecule has 1 aliphatic rings. The predicted molar refractivity (Wildman–Crippen MR) is 287 cm³/mol. The highest BCUT2D eigenvalue weighted by molar-refractivity contribution is 5.98. The van der Waals surface area contributed by atoms with Gasteiger partial charge >= 0.3 is 0 Å². The van der Waals surface area contributed by atoms with Gasteiger partial charge in [-0.05, 0) is 110 Å². The molecule has 0 aromatic carbocycles. The van der Waals surface area contributed by atoms with E-state index in [1.54, 1.807) is 13.8 Å². The molecule has 0 spiro atoms. The van der Waals surface area contributed by atoms with E-state index in [9.17, 15) is 63.0 Å². The average molecular weight is 1110 g/mol. The zero-order chi connectivity index (χ0) is 59.1. The van der Waals surface area contributed by atoms with Crippen LogP contribution in [0.3, 0.4) is 0 Å². The van der Waals surface area contributed by atoms with Crippen LogP contribution in [-0.4, -0.2) is 188 Å². The summed E-state index contributed by atoms with van der Waals surface area (Å²) < 4.78 is 0. The van der Waals surface area contributed by atoms with Crippen molar-refractivity contribution in [3.8, 4) is 0 Å². The fourth-order valence-electron chi connectivity index (χ4n) is 8.05. The summed E-state index contributed by atoms with van der Waals surface area (Å²) >= 11 is 0. The van der Waals surface area contributed by atoms with E-state index in [0.29, 0.717) is 12.3 Å². The van der Waals surface area contributed by atoms with Crippen LogP contribution in [0.2, 0.25) is 0 Å². The van der Waals surface area contributed by atoms with Crippen molar-refractivity contribution in [2.45, 2.75) is 185 Å². The maximum absolute atomic E-state index is 14.2. The van der Waals surface area contributed by atoms with Crippen molar-refractivity contribution in [2.75, 3.05) is 45.8 Å². The summed E-state index contributed by atoms with van der Waals surface area (Å²) in [5.74, 6) is -9.35. The third-order valence-electron chi connectivity index (χ3n) is 12.8. The molecule has 78 heavy (non-hydrogen) atoms. The normalized spacial score (nSPS) is 23.0. The van der Waals surface area contributed by atoms with Gasteiger partial charge in [-0.2, -0.15) is 0 Å². The number of aliphatic hydroxyl groups excluding tert-OH is 2. The number of aliphatic hydroxyl groups is 2. The van der Waals surface area contributed by atoms with Crippen LogP contribution in [0.5, 0.6) is 0 Å². The second-order valence-electron chi connectivity index (χ2n) is 20.1. The van der Waals surface area contributed by atoms with Gasteiger partial charge < -0.3 is 97.4 Å².